The third-order valence-electron chi connectivity index (χ3n) is 3.50. The van der Waals surface area contributed by atoms with Crippen molar-refractivity contribution in [3.05, 3.63) is 23.5 Å². The van der Waals surface area contributed by atoms with E-state index in [9.17, 15) is 9.00 Å². The first kappa shape index (κ1) is 13.5. The number of carbonyl (C=O) groups excluding carboxylic acids is 1. The highest BCUT2D eigenvalue weighted by Crippen LogP contribution is 2.35. The van der Waals surface area contributed by atoms with Crippen molar-refractivity contribution in [3.8, 4) is 0 Å². The van der Waals surface area contributed by atoms with Crippen molar-refractivity contribution >= 4 is 16.6 Å². The molecule has 1 aliphatic rings. The van der Waals surface area contributed by atoms with Gasteiger partial charge in [0.15, 0.2) is 5.78 Å². The fraction of sp³-hybridized carbons (Fsp3) is 0.643. The van der Waals surface area contributed by atoms with Crippen molar-refractivity contribution in [2.24, 2.45) is 5.41 Å². The zero-order chi connectivity index (χ0) is 13.3. The van der Waals surface area contributed by atoms with Crippen LogP contribution in [-0.4, -0.2) is 26.6 Å². The summed E-state index contributed by atoms with van der Waals surface area (Å²) in [6.07, 6.45) is 6.23. The fourth-order valence-electron chi connectivity index (χ4n) is 2.65. The Morgan fingerprint density at radius 3 is 2.78 bits per heavy atom. The lowest BCUT2D eigenvalue weighted by Gasteiger charge is -2.29. The van der Waals surface area contributed by atoms with Gasteiger partial charge in [-0.3, -0.25) is 9.00 Å². The highest BCUT2D eigenvalue weighted by atomic mass is 32.2. The summed E-state index contributed by atoms with van der Waals surface area (Å²) >= 11 is 0. The summed E-state index contributed by atoms with van der Waals surface area (Å²) < 4.78 is 13.2. The molecule has 0 fully saturated rings. The van der Waals surface area contributed by atoms with Gasteiger partial charge in [0, 0.05) is 53.2 Å². The standard InChI is InChI=1S/C14H21NO2S/c1-14(2)9-12-11(13(16)10-14)5-7-15(12)6-4-8-18(3)17/h5,7H,4,6,8-10H2,1-3H3. The second-order valence-electron chi connectivity index (χ2n) is 5.94. The van der Waals surface area contributed by atoms with Gasteiger partial charge >= 0.3 is 0 Å². The van der Waals surface area contributed by atoms with E-state index in [0.717, 1.165) is 36.4 Å². The van der Waals surface area contributed by atoms with Gasteiger partial charge in [-0.1, -0.05) is 13.8 Å². The second kappa shape index (κ2) is 5.00. The van der Waals surface area contributed by atoms with Gasteiger partial charge in [0.2, 0.25) is 0 Å². The smallest absolute Gasteiger partial charge is 0.165 e. The molecule has 0 bridgehead atoms. The first-order chi connectivity index (χ1) is 8.39. The third-order valence-corrected chi connectivity index (χ3v) is 4.36. The molecule has 18 heavy (non-hydrogen) atoms. The summed E-state index contributed by atoms with van der Waals surface area (Å²) in [4.78, 5) is 12.0. The Morgan fingerprint density at radius 2 is 2.11 bits per heavy atom. The zero-order valence-electron chi connectivity index (χ0n) is 11.4. The molecule has 1 unspecified atom stereocenters. The molecule has 2 rings (SSSR count). The molecule has 0 aromatic carbocycles. The molecule has 0 N–H and O–H groups in total. The number of carbonyl (C=O) groups is 1. The van der Waals surface area contributed by atoms with E-state index in [1.54, 1.807) is 6.26 Å². The van der Waals surface area contributed by atoms with Crippen molar-refractivity contribution in [1.82, 2.24) is 4.57 Å². The van der Waals surface area contributed by atoms with Gasteiger partial charge in [-0.25, -0.2) is 0 Å². The van der Waals surface area contributed by atoms with Crippen molar-refractivity contribution in [2.75, 3.05) is 12.0 Å². The quantitative estimate of drug-likeness (QED) is 0.840. The maximum Gasteiger partial charge on any atom is 0.165 e. The van der Waals surface area contributed by atoms with E-state index in [0.29, 0.717) is 6.42 Å². The van der Waals surface area contributed by atoms with E-state index in [1.807, 2.05) is 12.3 Å². The molecule has 0 amide bonds. The van der Waals surface area contributed by atoms with Gasteiger partial charge in [-0.15, -0.1) is 0 Å². The predicted molar refractivity (Wildman–Crippen MR) is 74.4 cm³/mol. The van der Waals surface area contributed by atoms with Gasteiger partial charge in [-0.2, -0.15) is 0 Å². The number of aryl methyl sites for hydroxylation is 1. The van der Waals surface area contributed by atoms with Crippen LogP contribution in [0.25, 0.3) is 0 Å². The first-order valence-electron chi connectivity index (χ1n) is 6.40. The minimum atomic E-state index is -0.731. The SMILES string of the molecule is CS(=O)CCCn1ccc2c1CC(C)(C)CC2=O. The normalized spacial score (nSPS) is 19.6. The lowest BCUT2D eigenvalue weighted by molar-refractivity contribution is 0.0910. The maximum absolute atomic E-state index is 12.0. The number of fused-ring (bicyclic) bond motifs is 1. The molecule has 0 aliphatic heterocycles. The van der Waals surface area contributed by atoms with Crippen molar-refractivity contribution < 1.29 is 9.00 Å². The van der Waals surface area contributed by atoms with Gasteiger partial charge in [0.05, 0.1) is 0 Å². The summed E-state index contributed by atoms with van der Waals surface area (Å²) in [6, 6.07) is 1.94. The Labute approximate surface area is 111 Å². The van der Waals surface area contributed by atoms with Crippen LogP contribution < -0.4 is 0 Å². The van der Waals surface area contributed by atoms with Crippen molar-refractivity contribution in [1.29, 1.82) is 0 Å². The topological polar surface area (TPSA) is 39.1 Å². The summed E-state index contributed by atoms with van der Waals surface area (Å²) in [5.41, 5.74) is 2.12. The lowest BCUT2D eigenvalue weighted by Crippen LogP contribution is -2.28. The number of rotatable bonds is 4. The van der Waals surface area contributed by atoms with Crippen LogP contribution in [0.4, 0.5) is 0 Å². The largest absolute Gasteiger partial charge is 0.351 e. The Morgan fingerprint density at radius 1 is 1.39 bits per heavy atom. The van der Waals surface area contributed by atoms with E-state index in [2.05, 4.69) is 18.4 Å². The number of hydrogen-bond acceptors (Lipinski definition) is 2. The number of ketones is 1. The lowest BCUT2D eigenvalue weighted by atomic mass is 9.76. The highest BCUT2D eigenvalue weighted by molar-refractivity contribution is 7.84. The minimum absolute atomic E-state index is 0.0633. The van der Waals surface area contributed by atoms with Gasteiger partial charge in [0.25, 0.3) is 0 Å². The molecule has 4 heteroatoms. The maximum atomic E-state index is 12.0. The summed E-state index contributed by atoms with van der Waals surface area (Å²) in [5, 5.41) is 0. The van der Waals surface area contributed by atoms with Crippen LogP contribution in [0.5, 0.6) is 0 Å². The number of aromatic nitrogens is 1. The molecular weight excluding hydrogens is 246 g/mol. The molecule has 100 valence electrons. The Hall–Kier alpha value is -0.900. The van der Waals surface area contributed by atoms with E-state index in [4.69, 9.17) is 0 Å². The van der Waals surface area contributed by atoms with E-state index in [1.165, 1.54) is 0 Å². The van der Waals surface area contributed by atoms with Crippen LogP contribution in [-0.2, 0) is 23.8 Å². The van der Waals surface area contributed by atoms with E-state index >= 15 is 0 Å². The molecule has 0 saturated carbocycles. The Bertz CT molecular complexity index is 488. The van der Waals surface area contributed by atoms with Gasteiger partial charge in [0.1, 0.15) is 0 Å². The average molecular weight is 267 g/mol. The Balaban J connectivity index is 2.15. The van der Waals surface area contributed by atoms with Crippen LogP contribution >= 0.6 is 0 Å². The summed E-state index contributed by atoms with van der Waals surface area (Å²) in [7, 11) is -0.731. The molecule has 1 atom stereocenters. The monoisotopic (exact) mass is 267 g/mol. The Kier molecular flexibility index (Phi) is 3.76. The molecule has 1 aromatic rings. The number of Topliss-reactive ketones (excluding diaryl/α,β-unsaturated/α-hetero) is 1. The van der Waals surface area contributed by atoms with Crippen molar-refractivity contribution in [2.45, 2.75) is 39.7 Å². The van der Waals surface area contributed by atoms with Crippen LogP contribution in [0.2, 0.25) is 0 Å². The zero-order valence-corrected chi connectivity index (χ0v) is 12.2. The molecule has 1 heterocycles. The number of nitrogens with zero attached hydrogens (tertiary/aromatic N) is 1. The van der Waals surface area contributed by atoms with Crippen LogP contribution in [0.15, 0.2) is 12.3 Å². The van der Waals surface area contributed by atoms with Crippen LogP contribution in [0, 0.1) is 5.41 Å². The molecule has 0 saturated heterocycles. The van der Waals surface area contributed by atoms with E-state index in [-0.39, 0.29) is 11.2 Å². The first-order valence-corrected chi connectivity index (χ1v) is 8.13. The highest BCUT2D eigenvalue weighted by Gasteiger charge is 2.32. The number of hydrogen-bond donors (Lipinski definition) is 0. The van der Waals surface area contributed by atoms with Gasteiger partial charge in [-0.05, 0) is 24.3 Å². The van der Waals surface area contributed by atoms with Gasteiger partial charge < -0.3 is 4.57 Å². The molecular formula is C14H21NO2S. The summed E-state index contributed by atoms with van der Waals surface area (Å²) in [5.74, 6) is 0.990. The molecule has 3 nitrogen and oxygen atoms in total. The van der Waals surface area contributed by atoms with E-state index < -0.39 is 10.8 Å². The minimum Gasteiger partial charge on any atom is -0.351 e. The summed E-state index contributed by atoms with van der Waals surface area (Å²) in [6.45, 7) is 5.15. The van der Waals surface area contributed by atoms with Crippen LogP contribution in [0.3, 0.4) is 0 Å². The molecule has 0 spiro atoms. The van der Waals surface area contributed by atoms with Crippen LogP contribution in [0.1, 0.15) is 42.7 Å². The molecule has 0 radical (unpaired) electrons. The predicted octanol–water partition coefficient (Wildman–Crippen LogP) is 2.41. The molecule has 1 aliphatic carbocycles. The average Bonchev–Trinajstić information content (AvgIpc) is 2.59. The second-order valence-corrected chi connectivity index (χ2v) is 7.50. The fourth-order valence-corrected chi connectivity index (χ4v) is 3.18. The third kappa shape index (κ3) is 2.91. The molecule has 1 aromatic heterocycles. The van der Waals surface area contributed by atoms with Crippen molar-refractivity contribution in [3.63, 3.8) is 0 Å².